The summed E-state index contributed by atoms with van der Waals surface area (Å²) in [4.78, 5) is 10.9. The molecule has 2 aliphatic rings. The molecule has 3 heterocycles. The third-order valence-corrected chi connectivity index (χ3v) is 5.73. The van der Waals surface area contributed by atoms with E-state index in [4.69, 9.17) is 4.52 Å². The van der Waals surface area contributed by atoms with E-state index in [2.05, 4.69) is 20.0 Å². The Kier molecular flexibility index (Phi) is 3.74. The Balaban J connectivity index is 1.32. The van der Waals surface area contributed by atoms with Crippen LogP contribution in [0.2, 0.25) is 0 Å². The molecule has 3 aromatic rings. The van der Waals surface area contributed by atoms with E-state index < -0.39 is 0 Å². The Morgan fingerprint density at radius 3 is 2.65 bits per heavy atom. The molecule has 134 valence electrons. The van der Waals surface area contributed by atoms with Crippen LogP contribution in [-0.4, -0.2) is 44.0 Å². The minimum atomic E-state index is -0.340. The highest BCUT2D eigenvalue weighted by Crippen LogP contribution is 2.42. The van der Waals surface area contributed by atoms with E-state index in [9.17, 15) is 5.11 Å². The number of fused-ring (bicyclic) bond motifs is 1. The number of imidazole rings is 1. The predicted octanol–water partition coefficient (Wildman–Crippen LogP) is 2.38. The molecule has 1 aliphatic heterocycles. The summed E-state index contributed by atoms with van der Waals surface area (Å²) in [6, 6.07) is 10.5. The molecule has 0 radical (unpaired) electrons. The highest BCUT2D eigenvalue weighted by molar-refractivity contribution is 5.55. The molecule has 2 fully saturated rings. The van der Waals surface area contributed by atoms with Crippen LogP contribution in [0.4, 0.5) is 6.01 Å². The summed E-state index contributed by atoms with van der Waals surface area (Å²) in [5.41, 5.74) is 0.953. The predicted molar refractivity (Wildman–Crippen MR) is 95.4 cm³/mol. The van der Waals surface area contributed by atoms with Crippen molar-refractivity contribution in [2.24, 2.45) is 11.8 Å². The van der Waals surface area contributed by atoms with E-state index in [1.54, 1.807) is 12.5 Å². The number of hydrogen-bond acceptors (Lipinski definition) is 6. The Bertz CT molecular complexity index is 863. The second-order valence-electron chi connectivity index (χ2n) is 7.31. The topological polar surface area (TPSA) is 80.2 Å². The zero-order valence-electron chi connectivity index (χ0n) is 14.3. The molecule has 0 unspecified atom stereocenters. The van der Waals surface area contributed by atoms with Crippen LogP contribution in [0.1, 0.15) is 18.9 Å². The van der Waals surface area contributed by atoms with Gasteiger partial charge in [0, 0.05) is 31.0 Å². The first kappa shape index (κ1) is 15.6. The minimum Gasteiger partial charge on any atom is -0.391 e. The lowest BCUT2D eigenvalue weighted by Crippen LogP contribution is -2.35. The number of hydrogen-bond donors (Lipinski definition) is 1. The Labute approximate surface area is 151 Å². The van der Waals surface area contributed by atoms with E-state index in [1.807, 2.05) is 41.1 Å². The number of rotatable bonds is 3. The first-order valence-corrected chi connectivity index (χ1v) is 9.07. The van der Waals surface area contributed by atoms with Crippen molar-refractivity contribution >= 4 is 6.01 Å². The number of aliphatic hydroxyl groups excluding tert-OH is 1. The molecule has 1 aliphatic carbocycles. The van der Waals surface area contributed by atoms with Gasteiger partial charge in [0.1, 0.15) is 0 Å². The van der Waals surface area contributed by atoms with E-state index in [0.717, 1.165) is 31.5 Å². The number of aliphatic hydroxyl groups is 1. The highest BCUT2D eigenvalue weighted by Gasteiger charge is 2.43. The summed E-state index contributed by atoms with van der Waals surface area (Å²) in [7, 11) is 0. The smallest absolute Gasteiger partial charge is 0.324 e. The van der Waals surface area contributed by atoms with Gasteiger partial charge in [0.2, 0.25) is 5.82 Å². The second kappa shape index (κ2) is 6.25. The summed E-state index contributed by atoms with van der Waals surface area (Å²) >= 11 is 0. The van der Waals surface area contributed by atoms with Crippen LogP contribution in [-0.2, 0) is 0 Å². The lowest BCUT2D eigenvalue weighted by Gasteiger charge is -2.35. The molecule has 7 heteroatoms. The summed E-state index contributed by atoms with van der Waals surface area (Å²) < 4.78 is 7.55. The molecule has 26 heavy (non-hydrogen) atoms. The van der Waals surface area contributed by atoms with Crippen LogP contribution in [0.5, 0.6) is 0 Å². The maximum Gasteiger partial charge on any atom is 0.324 e. The van der Waals surface area contributed by atoms with Gasteiger partial charge in [0.05, 0.1) is 18.5 Å². The van der Waals surface area contributed by atoms with Gasteiger partial charge in [-0.1, -0.05) is 35.5 Å². The molecule has 1 aromatic carbocycles. The number of anilines is 1. The van der Waals surface area contributed by atoms with Gasteiger partial charge in [-0.3, -0.25) is 0 Å². The van der Waals surface area contributed by atoms with Crippen molar-refractivity contribution in [1.82, 2.24) is 19.7 Å². The zero-order chi connectivity index (χ0) is 17.5. The van der Waals surface area contributed by atoms with E-state index in [-0.39, 0.29) is 12.1 Å². The average molecular weight is 351 g/mol. The molecule has 4 atom stereocenters. The molecule has 0 spiro atoms. The van der Waals surface area contributed by atoms with Gasteiger partial charge in [-0.2, -0.15) is 4.98 Å². The van der Waals surface area contributed by atoms with E-state index in [0.29, 0.717) is 23.7 Å². The molecule has 5 rings (SSSR count). The molecule has 2 aromatic heterocycles. The number of nitrogens with zero attached hydrogens (tertiary/aromatic N) is 5. The fourth-order valence-corrected chi connectivity index (χ4v) is 4.40. The van der Waals surface area contributed by atoms with Crippen molar-refractivity contribution in [1.29, 1.82) is 0 Å². The van der Waals surface area contributed by atoms with Crippen molar-refractivity contribution in [3.63, 3.8) is 0 Å². The van der Waals surface area contributed by atoms with Crippen LogP contribution >= 0.6 is 0 Å². The van der Waals surface area contributed by atoms with E-state index in [1.165, 1.54) is 0 Å². The van der Waals surface area contributed by atoms with Crippen LogP contribution in [0.15, 0.2) is 53.6 Å². The molecular weight excluding hydrogens is 330 g/mol. The first-order chi connectivity index (χ1) is 12.8. The van der Waals surface area contributed by atoms with Gasteiger partial charge in [-0.15, -0.1) is 0 Å². The van der Waals surface area contributed by atoms with Crippen LogP contribution in [0.3, 0.4) is 0 Å². The minimum absolute atomic E-state index is 0.0984. The maximum atomic E-state index is 10.6. The third-order valence-electron chi connectivity index (χ3n) is 5.73. The first-order valence-electron chi connectivity index (χ1n) is 9.07. The summed E-state index contributed by atoms with van der Waals surface area (Å²) in [5, 5.41) is 14.7. The molecule has 1 N–H and O–H groups in total. The molecule has 1 saturated carbocycles. The van der Waals surface area contributed by atoms with Gasteiger partial charge in [0.15, 0.2) is 0 Å². The van der Waals surface area contributed by atoms with Crippen molar-refractivity contribution in [2.45, 2.75) is 25.0 Å². The Hall–Kier alpha value is -2.67. The van der Waals surface area contributed by atoms with Crippen LogP contribution in [0.25, 0.3) is 11.4 Å². The average Bonchev–Trinajstić information content (AvgIpc) is 3.41. The maximum absolute atomic E-state index is 10.6. The summed E-state index contributed by atoms with van der Waals surface area (Å²) in [6.45, 7) is 1.74. The Morgan fingerprint density at radius 2 is 1.88 bits per heavy atom. The zero-order valence-corrected chi connectivity index (χ0v) is 14.3. The summed E-state index contributed by atoms with van der Waals surface area (Å²) in [5.74, 6) is 1.58. The van der Waals surface area contributed by atoms with Gasteiger partial charge >= 0.3 is 6.01 Å². The van der Waals surface area contributed by atoms with Crippen molar-refractivity contribution in [3.05, 3.63) is 49.1 Å². The normalized spacial score (nSPS) is 28.3. The van der Waals surface area contributed by atoms with Gasteiger partial charge in [0.25, 0.3) is 0 Å². The molecule has 7 nitrogen and oxygen atoms in total. The van der Waals surface area contributed by atoms with Gasteiger partial charge < -0.3 is 19.1 Å². The number of aromatic nitrogens is 4. The highest BCUT2D eigenvalue weighted by atomic mass is 16.5. The molecular formula is C19H21N5O2. The standard InChI is InChI=1S/C19H21N5O2/c25-17-9-15-11-24(10-14(15)8-16(17)23-7-6-20-12-23)19-21-18(22-26-19)13-4-2-1-3-5-13/h1-7,12,14-17,25H,8-11H2/t14-,15+,16-,17-/m1/s1. The van der Waals surface area contributed by atoms with Crippen LogP contribution < -0.4 is 4.90 Å². The second-order valence-corrected chi connectivity index (χ2v) is 7.31. The molecule has 1 saturated heterocycles. The van der Waals surface area contributed by atoms with Crippen molar-refractivity contribution < 1.29 is 9.63 Å². The molecule has 0 amide bonds. The van der Waals surface area contributed by atoms with Crippen molar-refractivity contribution in [2.75, 3.05) is 18.0 Å². The number of benzene rings is 1. The van der Waals surface area contributed by atoms with Gasteiger partial charge in [-0.05, 0) is 24.7 Å². The fourth-order valence-electron chi connectivity index (χ4n) is 4.40. The quantitative estimate of drug-likeness (QED) is 0.780. The lowest BCUT2D eigenvalue weighted by molar-refractivity contribution is 0.0358. The monoisotopic (exact) mass is 351 g/mol. The van der Waals surface area contributed by atoms with Crippen LogP contribution in [0, 0.1) is 11.8 Å². The van der Waals surface area contributed by atoms with E-state index >= 15 is 0 Å². The van der Waals surface area contributed by atoms with Gasteiger partial charge in [-0.25, -0.2) is 4.98 Å². The fraction of sp³-hybridized carbons (Fsp3) is 0.421. The largest absolute Gasteiger partial charge is 0.391 e. The lowest BCUT2D eigenvalue weighted by atomic mass is 9.77. The van der Waals surface area contributed by atoms with Crippen molar-refractivity contribution in [3.8, 4) is 11.4 Å². The summed E-state index contributed by atoms with van der Waals surface area (Å²) in [6.07, 6.45) is 6.90. The SMILES string of the molecule is O[C@@H]1C[C@H]2CN(c3nc(-c4ccccc4)no3)C[C@H]2C[C@H]1n1ccnc1. The third kappa shape index (κ3) is 2.68. The Morgan fingerprint density at radius 1 is 1.08 bits per heavy atom. The molecule has 0 bridgehead atoms.